The number of ether oxygens (including phenoxy) is 3. The Morgan fingerprint density at radius 3 is 2.39 bits per heavy atom. The third-order valence-electron chi connectivity index (χ3n) is 4.88. The van der Waals surface area contributed by atoms with Gasteiger partial charge in [-0.25, -0.2) is 4.79 Å². The van der Waals surface area contributed by atoms with Crippen molar-refractivity contribution >= 4 is 34.3 Å². The Bertz CT molecular complexity index is 1120. The van der Waals surface area contributed by atoms with Crippen LogP contribution in [-0.4, -0.2) is 38.7 Å². The molecule has 31 heavy (non-hydrogen) atoms. The second-order valence-corrected chi connectivity index (χ2v) is 6.89. The predicted octanol–water partition coefficient (Wildman–Crippen LogP) is 3.92. The first-order valence-electron chi connectivity index (χ1n) is 9.64. The zero-order valence-electron chi connectivity index (χ0n) is 17.5. The molecule has 1 amide bonds. The minimum atomic E-state index is -0.574. The molecule has 3 aromatic rings. The molecule has 0 unspecified atom stereocenters. The fourth-order valence-electron chi connectivity index (χ4n) is 3.10. The first-order valence-corrected chi connectivity index (χ1v) is 9.64. The molecule has 0 spiro atoms. The summed E-state index contributed by atoms with van der Waals surface area (Å²) in [6.45, 7) is 1.25. The van der Waals surface area contributed by atoms with Gasteiger partial charge in [-0.1, -0.05) is 36.4 Å². The highest BCUT2D eigenvalue weighted by Gasteiger charge is 2.19. The van der Waals surface area contributed by atoms with Crippen LogP contribution in [0.1, 0.15) is 28.8 Å². The van der Waals surface area contributed by atoms with Crippen LogP contribution in [0.4, 0.5) is 5.69 Å². The van der Waals surface area contributed by atoms with Crippen molar-refractivity contribution in [3.05, 3.63) is 71.8 Å². The molecular formula is C24H23NO6. The Morgan fingerprint density at radius 2 is 1.65 bits per heavy atom. The summed E-state index contributed by atoms with van der Waals surface area (Å²) in [7, 11) is 2.87. The lowest BCUT2D eigenvalue weighted by molar-refractivity contribution is -0.148. The van der Waals surface area contributed by atoms with Crippen LogP contribution < -0.4 is 10.1 Å². The maximum atomic E-state index is 12.5. The number of rotatable bonds is 7. The van der Waals surface area contributed by atoms with Gasteiger partial charge in [0.1, 0.15) is 5.75 Å². The van der Waals surface area contributed by atoms with E-state index in [0.717, 1.165) is 22.1 Å². The van der Waals surface area contributed by atoms with Gasteiger partial charge in [-0.3, -0.25) is 9.59 Å². The topological polar surface area (TPSA) is 90.9 Å². The van der Waals surface area contributed by atoms with Gasteiger partial charge in [0, 0.05) is 0 Å². The Hall–Kier alpha value is -3.87. The molecule has 1 atom stereocenters. The number of hydrogen-bond acceptors (Lipinski definition) is 6. The molecule has 0 aliphatic carbocycles. The lowest BCUT2D eigenvalue weighted by Gasteiger charge is -2.14. The number of para-hydroxylation sites is 1. The standard InChI is InChI=1S/C24H23NO6/c1-15(16-8-9-18-13-19(29-2)11-10-17(18)12-16)23(27)31-14-22(26)25-21-7-5-4-6-20(21)24(28)30-3/h4-13,15H,14H2,1-3H3,(H,25,26)/t15-/m0/s1. The molecule has 7 heteroatoms. The molecule has 3 aromatic carbocycles. The van der Waals surface area contributed by atoms with E-state index >= 15 is 0 Å². The third kappa shape index (κ3) is 5.19. The smallest absolute Gasteiger partial charge is 0.339 e. The quantitative estimate of drug-likeness (QED) is 0.582. The van der Waals surface area contributed by atoms with Crippen molar-refractivity contribution in [3.8, 4) is 5.75 Å². The molecule has 160 valence electrons. The monoisotopic (exact) mass is 421 g/mol. The van der Waals surface area contributed by atoms with Crippen LogP contribution in [0.5, 0.6) is 5.75 Å². The first kappa shape index (κ1) is 21.8. The van der Waals surface area contributed by atoms with E-state index in [2.05, 4.69) is 5.32 Å². The largest absolute Gasteiger partial charge is 0.497 e. The second kappa shape index (κ2) is 9.75. The maximum Gasteiger partial charge on any atom is 0.339 e. The van der Waals surface area contributed by atoms with Crippen molar-refractivity contribution in [1.29, 1.82) is 0 Å². The lowest BCUT2D eigenvalue weighted by Crippen LogP contribution is -2.24. The minimum Gasteiger partial charge on any atom is -0.497 e. The van der Waals surface area contributed by atoms with Crippen LogP contribution in [0, 0.1) is 0 Å². The van der Waals surface area contributed by atoms with Gasteiger partial charge in [-0.15, -0.1) is 0 Å². The number of amides is 1. The highest BCUT2D eigenvalue weighted by atomic mass is 16.5. The molecule has 0 aliphatic heterocycles. The van der Waals surface area contributed by atoms with E-state index in [4.69, 9.17) is 14.2 Å². The van der Waals surface area contributed by atoms with Gasteiger partial charge in [0.15, 0.2) is 6.61 Å². The van der Waals surface area contributed by atoms with Crippen LogP contribution in [0.15, 0.2) is 60.7 Å². The van der Waals surface area contributed by atoms with Crippen LogP contribution in [0.3, 0.4) is 0 Å². The molecule has 0 fully saturated rings. The summed E-state index contributed by atoms with van der Waals surface area (Å²) >= 11 is 0. The summed E-state index contributed by atoms with van der Waals surface area (Å²) in [5.41, 5.74) is 1.28. The predicted molar refractivity (Wildman–Crippen MR) is 116 cm³/mol. The summed E-state index contributed by atoms with van der Waals surface area (Å²) in [6.07, 6.45) is 0. The van der Waals surface area contributed by atoms with Crippen molar-refractivity contribution in [2.24, 2.45) is 0 Å². The molecule has 0 aromatic heterocycles. The van der Waals surface area contributed by atoms with Crippen LogP contribution in [0.2, 0.25) is 0 Å². The van der Waals surface area contributed by atoms with E-state index in [1.54, 1.807) is 32.2 Å². The van der Waals surface area contributed by atoms with Crippen LogP contribution in [0.25, 0.3) is 10.8 Å². The molecule has 0 radical (unpaired) electrons. The molecular weight excluding hydrogens is 398 g/mol. The Kier molecular flexibility index (Phi) is 6.87. The number of benzene rings is 3. The number of methoxy groups -OCH3 is 2. The van der Waals surface area contributed by atoms with Gasteiger partial charge in [0.25, 0.3) is 5.91 Å². The average molecular weight is 421 g/mol. The number of fused-ring (bicyclic) bond motifs is 1. The van der Waals surface area contributed by atoms with E-state index in [-0.39, 0.29) is 11.3 Å². The number of nitrogens with one attached hydrogen (secondary N) is 1. The van der Waals surface area contributed by atoms with Crippen molar-refractivity contribution in [2.45, 2.75) is 12.8 Å². The van der Waals surface area contributed by atoms with E-state index in [1.165, 1.54) is 13.2 Å². The fourth-order valence-corrected chi connectivity index (χ4v) is 3.10. The highest BCUT2D eigenvalue weighted by Crippen LogP contribution is 2.26. The van der Waals surface area contributed by atoms with Crippen molar-refractivity contribution in [2.75, 3.05) is 26.1 Å². The summed E-state index contributed by atoms with van der Waals surface area (Å²) in [6, 6.07) is 17.8. The van der Waals surface area contributed by atoms with Gasteiger partial charge in [-0.05, 0) is 47.5 Å². The van der Waals surface area contributed by atoms with Crippen LogP contribution >= 0.6 is 0 Å². The second-order valence-electron chi connectivity index (χ2n) is 6.89. The van der Waals surface area contributed by atoms with E-state index in [9.17, 15) is 14.4 Å². The highest BCUT2D eigenvalue weighted by molar-refractivity contribution is 6.02. The van der Waals surface area contributed by atoms with E-state index in [1.807, 2.05) is 36.4 Å². The molecule has 0 saturated heterocycles. The fraction of sp³-hybridized carbons (Fsp3) is 0.208. The summed E-state index contributed by atoms with van der Waals surface area (Å²) < 4.78 is 15.1. The summed E-state index contributed by atoms with van der Waals surface area (Å²) in [5, 5.41) is 4.53. The van der Waals surface area contributed by atoms with Gasteiger partial charge < -0.3 is 19.5 Å². The number of anilines is 1. The molecule has 0 heterocycles. The Balaban J connectivity index is 1.62. The van der Waals surface area contributed by atoms with Crippen molar-refractivity contribution in [3.63, 3.8) is 0 Å². The van der Waals surface area contributed by atoms with Gasteiger partial charge >= 0.3 is 11.9 Å². The molecule has 0 bridgehead atoms. The molecule has 0 saturated carbocycles. The van der Waals surface area contributed by atoms with Gasteiger partial charge in [0.05, 0.1) is 31.4 Å². The molecule has 7 nitrogen and oxygen atoms in total. The molecule has 1 N–H and O–H groups in total. The Morgan fingerprint density at radius 1 is 0.935 bits per heavy atom. The zero-order chi connectivity index (χ0) is 22.4. The molecule has 3 rings (SSSR count). The normalized spacial score (nSPS) is 11.5. The number of carbonyl (C=O) groups is 3. The number of hydrogen-bond donors (Lipinski definition) is 1. The zero-order valence-corrected chi connectivity index (χ0v) is 17.5. The minimum absolute atomic E-state index is 0.214. The Labute approximate surface area is 179 Å². The number of carbonyl (C=O) groups excluding carboxylic acids is 3. The van der Waals surface area contributed by atoms with Crippen molar-refractivity contribution < 1.29 is 28.6 Å². The number of esters is 2. The van der Waals surface area contributed by atoms with E-state index in [0.29, 0.717) is 0 Å². The van der Waals surface area contributed by atoms with E-state index < -0.39 is 30.4 Å². The summed E-state index contributed by atoms with van der Waals surface area (Å²) in [4.78, 5) is 36.5. The van der Waals surface area contributed by atoms with Gasteiger partial charge in [0.2, 0.25) is 0 Å². The van der Waals surface area contributed by atoms with Crippen molar-refractivity contribution in [1.82, 2.24) is 0 Å². The average Bonchev–Trinajstić information content (AvgIpc) is 2.81. The first-order chi connectivity index (χ1) is 14.9. The molecule has 0 aliphatic rings. The van der Waals surface area contributed by atoms with Gasteiger partial charge in [-0.2, -0.15) is 0 Å². The third-order valence-corrected chi connectivity index (χ3v) is 4.88. The SMILES string of the molecule is COC(=O)c1ccccc1NC(=O)COC(=O)[C@@H](C)c1ccc2cc(OC)ccc2c1. The maximum absolute atomic E-state index is 12.5. The lowest BCUT2D eigenvalue weighted by atomic mass is 9.98. The van der Waals surface area contributed by atoms with Crippen LogP contribution in [-0.2, 0) is 19.1 Å². The summed E-state index contributed by atoms with van der Waals surface area (Å²) in [5.74, 6) is -1.45.